The second-order valence-electron chi connectivity index (χ2n) is 4.50. The van der Waals surface area contributed by atoms with Gasteiger partial charge in [-0.05, 0) is 65.0 Å². The minimum atomic E-state index is -0.135. The molecule has 2 N–H and O–H groups in total. The number of thiocarbonyl (C=S) groups is 1. The molecule has 0 bridgehead atoms. The minimum Gasteiger partial charge on any atom is -0.504 e. The third-order valence-corrected chi connectivity index (χ3v) is 4.14. The van der Waals surface area contributed by atoms with Gasteiger partial charge in [-0.15, -0.1) is 0 Å². The van der Waals surface area contributed by atoms with Gasteiger partial charge in [-0.25, -0.2) is 0 Å². The lowest BCUT2D eigenvalue weighted by Gasteiger charge is -2.11. The molecule has 0 saturated carbocycles. The van der Waals surface area contributed by atoms with Crippen molar-refractivity contribution < 1.29 is 14.6 Å². The van der Waals surface area contributed by atoms with Crippen LogP contribution in [0.15, 0.2) is 17.8 Å². The molecule has 1 aliphatic heterocycles. The van der Waals surface area contributed by atoms with Gasteiger partial charge in [-0.2, -0.15) is 0 Å². The van der Waals surface area contributed by atoms with Crippen molar-refractivity contribution in [1.82, 2.24) is 10.2 Å². The van der Waals surface area contributed by atoms with Crippen LogP contribution in [0.3, 0.4) is 0 Å². The van der Waals surface area contributed by atoms with Gasteiger partial charge in [0.1, 0.15) is 5.70 Å². The van der Waals surface area contributed by atoms with Gasteiger partial charge in [-0.1, -0.05) is 6.92 Å². The van der Waals surface area contributed by atoms with Crippen LogP contribution in [0.5, 0.6) is 11.5 Å². The lowest BCUT2D eigenvalue weighted by Crippen LogP contribution is -2.31. The van der Waals surface area contributed by atoms with E-state index in [1.807, 2.05) is 29.5 Å². The Balaban J connectivity index is 2.35. The zero-order valence-corrected chi connectivity index (χ0v) is 14.6. The first-order chi connectivity index (χ1) is 9.97. The van der Waals surface area contributed by atoms with Gasteiger partial charge in [0.15, 0.2) is 16.6 Å². The summed E-state index contributed by atoms with van der Waals surface area (Å²) in [4.78, 5) is 13.8. The Labute approximate surface area is 142 Å². The maximum Gasteiger partial charge on any atom is 0.276 e. The highest BCUT2D eigenvalue weighted by atomic mass is 127. The number of halogens is 1. The first kappa shape index (κ1) is 16.0. The van der Waals surface area contributed by atoms with E-state index >= 15 is 0 Å². The summed E-state index contributed by atoms with van der Waals surface area (Å²) in [5.74, 6) is 0.324. The molecule has 21 heavy (non-hydrogen) atoms. The van der Waals surface area contributed by atoms with Gasteiger partial charge in [0.05, 0.1) is 10.7 Å². The molecule has 1 aliphatic rings. The zero-order valence-electron chi connectivity index (χ0n) is 11.6. The topological polar surface area (TPSA) is 61.8 Å². The summed E-state index contributed by atoms with van der Waals surface area (Å²) in [5.41, 5.74) is 1.18. The van der Waals surface area contributed by atoms with Crippen LogP contribution in [0.25, 0.3) is 6.08 Å². The number of nitrogens with zero attached hydrogens (tertiary/aromatic N) is 1. The standard InChI is InChI=1S/C14H15IN2O3S/c1-3-4-17-13(19)10(16-14(17)21)6-8-5-9(15)12(18)11(7-8)20-2/h5-7,18H,3-4H2,1-2H3,(H,16,21)/b10-6-. The molecular weight excluding hydrogens is 403 g/mol. The van der Waals surface area contributed by atoms with Crippen LogP contribution < -0.4 is 10.1 Å². The molecule has 0 radical (unpaired) electrons. The Morgan fingerprint density at radius 3 is 2.86 bits per heavy atom. The van der Waals surface area contributed by atoms with Crippen molar-refractivity contribution in [1.29, 1.82) is 0 Å². The molecular formula is C14H15IN2O3S. The summed E-state index contributed by atoms with van der Waals surface area (Å²) < 4.78 is 5.76. The summed E-state index contributed by atoms with van der Waals surface area (Å²) in [6, 6.07) is 3.44. The molecule has 0 unspecified atom stereocenters. The summed E-state index contributed by atoms with van der Waals surface area (Å²) in [6.07, 6.45) is 2.54. The maximum atomic E-state index is 12.2. The lowest BCUT2D eigenvalue weighted by molar-refractivity contribution is -0.122. The van der Waals surface area contributed by atoms with E-state index in [9.17, 15) is 9.90 Å². The molecule has 5 nitrogen and oxygen atoms in total. The van der Waals surface area contributed by atoms with E-state index in [0.29, 0.717) is 26.7 Å². The lowest BCUT2D eigenvalue weighted by atomic mass is 10.1. The number of benzene rings is 1. The molecule has 0 aromatic heterocycles. The van der Waals surface area contributed by atoms with E-state index in [1.165, 1.54) is 7.11 Å². The van der Waals surface area contributed by atoms with E-state index in [4.69, 9.17) is 17.0 Å². The van der Waals surface area contributed by atoms with Crippen molar-refractivity contribution in [2.45, 2.75) is 13.3 Å². The molecule has 0 atom stereocenters. The van der Waals surface area contributed by atoms with E-state index in [1.54, 1.807) is 23.1 Å². The van der Waals surface area contributed by atoms with E-state index < -0.39 is 0 Å². The van der Waals surface area contributed by atoms with E-state index in [-0.39, 0.29) is 11.7 Å². The van der Waals surface area contributed by atoms with Crippen molar-refractivity contribution in [3.8, 4) is 11.5 Å². The van der Waals surface area contributed by atoms with Gasteiger partial charge in [-0.3, -0.25) is 9.69 Å². The molecule has 1 fully saturated rings. The van der Waals surface area contributed by atoms with Crippen LogP contribution in [0.1, 0.15) is 18.9 Å². The Bertz CT molecular complexity index is 631. The molecule has 112 valence electrons. The number of amides is 1. The van der Waals surface area contributed by atoms with Crippen molar-refractivity contribution in [3.05, 3.63) is 27.0 Å². The Morgan fingerprint density at radius 2 is 2.24 bits per heavy atom. The number of ether oxygens (including phenoxy) is 1. The van der Waals surface area contributed by atoms with E-state index in [2.05, 4.69) is 5.32 Å². The summed E-state index contributed by atoms with van der Waals surface area (Å²) in [6.45, 7) is 2.59. The number of hydrogen-bond donors (Lipinski definition) is 2. The molecule has 1 saturated heterocycles. The van der Waals surface area contributed by atoms with Crippen molar-refractivity contribution in [2.24, 2.45) is 0 Å². The maximum absolute atomic E-state index is 12.2. The zero-order chi connectivity index (χ0) is 15.6. The highest BCUT2D eigenvalue weighted by molar-refractivity contribution is 14.1. The van der Waals surface area contributed by atoms with Crippen LogP contribution in [0.4, 0.5) is 0 Å². The van der Waals surface area contributed by atoms with Crippen LogP contribution >= 0.6 is 34.8 Å². The number of hydrogen-bond acceptors (Lipinski definition) is 4. The van der Waals surface area contributed by atoms with Gasteiger partial charge in [0.25, 0.3) is 5.91 Å². The molecule has 0 aliphatic carbocycles. The van der Waals surface area contributed by atoms with Crippen molar-refractivity contribution in [3.63, 3.8) is 0 Å². The molecule has 0 spiro atoms. The Hall–Kier alpha value is -1.35. The van der Waals surface area contributed by atoms with Gasteiger partial charge in [0, 0.05) is 6.54 Å². The summed E-state index contributed by atoms with van der Waals surface area (Å²) in [7, 11) is 1.49. The fourth-order valence-corrected chi connectivity index (χ4v) is 2.91. The molecule has 1 aromatic rings. The first-order valence-electron chi connectivity index (χ1n) is 6.39. The van der Waals surface area contributed by atoms with Crippen LogP contribution in [-0.2, 0) is 4.79 Å². The molecule has 1 amide bonds. The van der Waals surface area contributed by atoms with Crippen LogP contribution in [0, 0.1) is 3.57 Å². The second kappa shape index (κ2) is 6.61. The van der Waals surface area contributed by atoms with Gasteiger partial charge in [0.2, 0.25) is 0 Å². The first-order valence-corrected chi connectivity index (χ1v) is 7.87. The minimum absolute atomic E-state index is 0.0917. The largest absolute Gasteiger partial charge is 0.504 e. The SMILES string of the molecule is CCCN1C(=O)/C(=C/c2cc(I)c(O)c(OC)c2)NC1=S. The number of rotatable bonds is 4. The number of carbonyl (C=O) groups is 1. The second-order valence-corrected chi connectivity index (χ2v) is 6.05. The molecule has 1 heterocycles. The number of phenolic OH excluding ortho intramolecular Hbond substituents is 1. The van der Waals surface area contributed by atoms with Gasteiger partial charge < -0.3 is 15.2 Å². The smallest absolute Gasteiger partial charge is 0.276 e. The van der Waals surface area contributed by atoms with Crippen molar-refractivity contribution in [2.75, 3.05) is 13.7 Å². The number of methoxy groups -OCH3 is 1. The Morgan fingerprint density at radius 1 is 1.52 bits per heavy atom. The number of phenols is 1. The predicted octanol–water partition coefficient (Wildman–Crippen LogP) is 2.47. The highest BCUT2D eigenvalue weighted by Gasteiger charge is 2.29. The van der Waals surface area contributed by atoms with Gasteiger partial charge >= 0.3 is 0 Å². The molecule has 7 heteroatoms. The summed E-state index contributed by atoms with van der Waals surface area (Å²) in [5, 5.41) is 13.2. The monoisotopic (exact) mass is 418 g/mol. The molecule has 1 aromatic carbocycles. The third kappa shape index (κ3) is 3.29. The Kier molecular flexibility index (Phi) is 5.04. The average molecular weight is 418 g/mol. The fourth-order valence-electron chi connectivity index (χ4n) is 2.00. The van der Waals surface area contributed by atoms with Crippen LogP contribution in [-0.4, -0.2) is 34.7 Å². The number of carbonyl (C=O) groups excluding carboxylic acids is 1. The highest BCUT2D eigenvalue weighted by Crippen LogP contribution is 2.33. The third-order valence-electron chi connectivity index (χ3n) is 2.99. The van der Waals surface area contributed by atoms with Crippen LogP contribution in [0.2, 0.25) is 0 Å². The fraction of sp³-hybridized carbons (Fsp3) is 0.286. The number of aromatic hydroxyl groups is 1. The summed E-state index contributed by atoms with van der Waals surface area (Å²) >= 11 is 7.17. The predicted molar refractivity (Wildman–Crippen MR) is 93.1 cm³/mol. The average Bonchev–Trinajstić information content (AvgIpc) is 2.70. The normalized spacial score (nSPS) is 16.5. The quantitative estimate of drug-likeness (QED) is 0.447. The van der Waals surface area contributed by atoms with E-state index in [0.717, 1.165) is 12.0 Å². The number of nitrogens with one attached hydrogen (secondary N) is 1. The molecule has 2 rings (SSSR count). The van der Waals surface area contributed by atoms with Crippen molar-refractivity contribution >= 4 is 51.9 Å².